The van der Waals surface area contributed by atoms with Crippen LogP contribution in [0.15, 0.2) is 28.6 Å². The molecule has 0 radical (unpaired) electrons. The van der Waals surface area contributed by atoms with Gasteiger partial charge in [-0.2, -0.15) is 13.2 Å². The van der Waals surface area contributed by atoms with Gasteiger partial charge >= 0.3 is 6.18 Å². The molecule has 2 aromatic rings. The third-order valence-electron chi connectivity index (χ3n) is 4.32. The number of alkyl halides is 3. The van der Waals surface area contributed by atoms with Crippen LogP contribution in [0, 0.1) is 5.82 Å². The summed E-state index contributed by atoms with van der Waals surface area (Å²) in [7, 11) is -0.398. The van der Waals surface area contributed by atoms with Crippen LogP contribution in [-0.2, 0) is 16.9 Å². The normalized spacial score (nSPS) is 18.2. The second-order valence-electron chi connectivity index (χ2n) is 6.06. The standard InChI is InChI=1S/C17H18F4N2S/c1-24(12-5-3-2-4-6-12)23-15-10-16(17(19,20)21)22-14-8-7-11(18)9-13(14)15/h7-10,12H,2-6H2,1H3/t24-/m0/s1. The minimum absolute atomic E-state index is 0.116. The van der Waals surface area contributed by atoms with Gasteiger partial charge in [-0.1, -0.05) is 30.0 Å². The molecular weight excluding hydrogens is 340 g/mol. The number of rotatable bonds is 2. The fraction of sp³-hybridized carbons (Fsp3) is 0.471. The number of nitrogens with zero attached hydrogens (tertiary/aromatic N) is 2. The molecule has 0 spiro atoms. The van der Waals surface area contributed by atoms with E-state index in [9.17, 15) is 17.6 Å². The summed E-state index contributed by atoms with van der Waals surface area (Å²) in [6.45, 7) is 0. The maximum absolute atomic E-state index is 13.6. The molecule has 0 N–H and O–H groups in total. The summed E-state index contributed by atoms with van der Waals surface area (Å²) in [5.41, 5.74) is -0.685. The van der Waals surface area contributed by atoms with E-state index in [1.165, 1.54) is 18.6 Å². The van der Waals surface area contributed by atoms with Crippen molar-refractivity contribution in [3.63, 3.8) is 0 Å². The number of hydrogen-bond donors (Lipinski definition) is 0. The van der Waals surface area contributed by atoms with E-state index in [0.717, 1.165) is 37.8 Å². The third-order valence-corrected chi connectivity index (χ3v) is 6.24. The molecule has 0 saturated heterocycles. The van der Waals surface area contributed by atoms with Crippen LogP contribution in [0.5, 0.6) is 0 Å². The highest BCUT2D eigenvalue weighted by atomic mass is 32.2. The van der Waals surface area contributed by atoms with Crippen molar-refractivity contribution in [1.82, 2.24) is 4.98 Å². The topological polar surface area (TPSA) is 25.2 Å². The second kappa shape index (κ2) is 6.78. The van der Waals surface area contributed by atoms with E-state index >= 15 is 0 Å². The lowest BCUT2D eigenvalue weighted by atomic mass is 10.0. The van der Waals surface area contributed by atoms with Gasteiger partial charge in [-0.15, -0.1) is 0 Å². The van der Waals surface area contributed by atoms with E-state index < -0.39 is 28.4 Å². The average Bonchev–Trinajstić information content (AvgIpc) is 2.55. The highest BCUT2D eigenvalue weighted by molar-refractivity contribution is 7.87. The molecule has 2 nitrogen and oxygen atoms in total. The van der Waals surface area contributed by atoms with Gasteiger partial charge in [-0.25, -0.2) is 13.7 Å². The molecule has 1 aromatic heterocycles. The predicted molar refractivity (Wildman–Crippen MR) is 89.0 cm³/mol. The first-order chi connectivity index (χ1) is 11.3. The molecule has 1 atom stereocenters. The lowest BCUT2D eigenvalue weighted by Gasteiger charge is -2.22. The van der Waals surface area contributed by atoms with Crippen LogP contribution in [0.2, 0.25) is 0 Å². The van der Waals surface area contributed by atoms with Crippen LogP contribution in [-0.4, -0.2) is 16.5 Å². The Morgan fingerprint density at radius 1 is 1.12 bits per heavy atom. The van der Waals surface area contributed by atoms with Crippen LogP contribution < -0.4 is 0 Å². The summed E-state index contributed by atoms with van der Waals surface area (Å²) in [5.74, 6) is -0.505. The van der Waals surface area contributed by atoms with E-state index in [1.54, 1.807) is 0 Å². The minimum Gasteiger partial charge on any atom is -0.243 e. The molecule has 0 bridgehead atoms. The lowest BCUT2D eigenvalue weighted by molar-refractivity contribution is -0.140. The summed E-state index contributed by atoms with van der Waals surface area (Å²) in [6.07, 6.45) is 2.97. The van der Waals surface area contributed by atoms with Gasteiger partial charge in [-0.05, 0) is 43.4 Å². The smallest absolute Gasteiger partial charge is 0.243 e. The van der Waals surface area contributed by atoms with Crippen LogP contribution in [0.3, 0.4) is 0 Å². The molecule has 7 heteroatoms. The molecule has 1 saturated carbocycles. The van der Waals surface area contributed by atoms with Crippen LogP contribution in [0.1, 0.15) is 37.8 Å². The predicted octanol–water partition coefficient (Wildman–Crippen LogP) is 5.79. The third kappa shape index (κ3) is 3.77. The Labute approximate surface area is 140 Å². The van der Waals surface area contributed by atoms with Crippen molar-refractivity contribution in [2.45, 2.75) is 43.5 Å². The molecular formula is C17H18F4N2S. The minimum atomic E-state index is -4.55. The molecule has 24 heavy (non-hydrogen) atoms. The first-order valence-corrected chi connectivity index (χ1v) is 9.54. The Bertz CT molecular complexity index is 780. The zero-order chi connectivity index (χ0) is 17.3. The summed E-state index contributed by atoms with van der Waals surface area (Å²) in [4.78, 5) is 3.62. The van der Waals surface area contributed by atoms with Gasteiger partial charge in [0.15, 0.2) is 0 Å². The molecule has 1 aliphatic carbocycles. The van der Waals surface area contributed by atoms with Gasteiger partial charge in [0.1, 0.15) is 11.5 Å². The molecule has 3 rings (SSSR count). The monoisotopic (exact) mass is 358 g/mol. The summed E-state index contributed by atoms with van der Waals surface area (Å²) in [6, 6.07) is 4.53. The van der Waals surface area contributed by atoms with Crippen molar-refractivity contribution in [2.24, 2.45) is 4.36 Å². The van der Waals surface area contributed by atoms with E-state index in [4.69, 9.17) is 0 Å². The van der Waals surface area contributed by atoms with E-state index in [1.807, 2.05) is 6.26 Å². The van der Waals surface area contributed by atoms with Crippen molar-refractivity contribution >= 4 is 27.3 Å². The highest BCUT2D eigenvalue weighted by Crippen LogP contribution is 2.35. The molecule has 0 aliphatic heterocycles. The number of pyridine rings is 1. The maximum Gasteiger partial charge on any atom is 0.433 e. The Hall–Kier alpha value is -1.50. The number of halogens is 4. The summed E-state index contributed by atoms with van der Waals surface area (Å²) in [5, 5.41) is 0.725. The van der Waals surface area contributed by atoms with Crippen LogP contribution in [0.4, 0.5) is 23.2 Å². The Morgan fingerprint density at radius 3 is 2.50 bits per heavy atom. The van der Waals surface area contributed by atoms with Gasteiger partial charge < -0.3 is 0 Å². The van der Waals surface area contributed by atoms with Crippen molar-refractivity contribution < 1.29 is 17.6 Å². The van der Waals surface area contributed by atoms with E-state index in [2.05, 4.69) is 9.35 Å². The Kier molecular flexibility index (Phi) is 4.90. The molecule has 1 aromatic carbocycles. The van der Waals surface area contributed by atoms with Crippen molar-refractivity contribution in [3.05, 3.63) is 35.8 Å². The number of fused-ring (bicyclic) bond motifs is 1. The van der Waals surface area contributed by atoms with Crippen molar-refractivity contribution in [1.29, 1.82) is 0 Å². The maximum atomic E-state index is 13.6. The first-order valence-electron chi connectivity index (χ1n) is 7.89. The van der Waals surface area contributed by atoms with Crippen molar-refractivity contribution in [2.75, 3.05) is 6.26 Å². The van der Waals surface area contributed by atoms with Gasteiger partial charge in [0.2, 0.25) is 0 Å². The molecule has 1 fully saturated rings. The van der Waals surface area contributed by atoms with Gasteiger partial charge in [0.05, 0.1) is 11.2 Å². The SMILES string of the molecule is C[S@](=Nc1cc(C(F)(F)F)nc2ccc(F)cc12)C1CCCCC1. The van der Waals surface area contributed by atoms with Crippen LogP contribution in [0.25, 0.3) is 10.9 Å². The van der Waals surface area contributed by atoms with Gasteiger partial charge in [0.25, 0.3) is 0 Å². The highest BCUT2D eigenvalue weighted by Gasteiger charge is 2.33. The summed E-state index contributed by atoms with van der Waals surface area (Å²) < 4.78 is 57.4. The van der Waals surface area contributed by atoms with Gasteiger partial charge in [0, 0.05) is 10.6 Å². The molecule has 0 unspecified atom stereocenters. The molecule has 1 aliphatic rings. The van der Waals surface area contributed by atoms with Crippen LogP contribution >= 0.6 is 0 Å². The van der Waals surface area contributed by atoms with Gasteiger partial charge in [-0.3, -0.25) is 0 Å². The summed E-state index contributed by atoms with van der Waals surface area (Å²) >= 11 is 0. The average molecular weight is 358 g/mol. The van der Waals surface area contributed by atoms with E-state index in [0.29, 0.717) is 10.6 Å². The lowest BCUT2D eigenvalue weighted by Crippen LogP contribution is -2.17. The molecule has 0 amide bonds. The largest absolute Gasteiger partial charge is 0.433 e. The second-order valence-corrected chi connectivity index (χ2v) is 7.96. The first kappa shape index (κ1) is 17.3. The van der Waals surface area contributed by atoms with E-state index in [-0.39, 0.29) is 11.2 Å². The Morgan fingerprint density at radius 2 is 1.83 bits per heavy atom. The molecule has 130 valence electrons. The zero-order valence-electron chi connectivity index (χ0n) is 13.2. The molecule has 1 heterocycles. The Balaban J connectivity index is 2.11. The fourth-order valence-electron chi connectivity index (χ4n) is 3.04. The quantitative estimate of drug-likeness (QED) is 0.624. The fourth-order valence-corrected chi connectivity index (χ4v) is 4.66. The zero-order valence-corrected chi connectivity index (χ0v) is 14.1. The number of aromatic nitrogens is 1. The number of benzene rings is 1. The number of hydrogen-bond acceptors (Lipinski definition) is 2. The van der Waals surface area contributed by atoms with Crippen molar-refractivity contribution in [3.8, 4) is 0 Å².